The zero-order valence-corrected chi connectivity index (χ0v) is 9.40. The Kier molecular flexibility index (Phi) is 7.59. The van der Waals surface area contributed by atoms with Crippen LogP contribution in [0.4, 0.5) is 4.79 Å². The number of carbonyl (C=O) groups excluding carboxylic acids is 1. The molecular formula is C10H17N3O3. The molecule has 0 bridgehead atoms. The highest BCUT2D eigenvalue weighted by Crippen LogP contribution is 1.94. The maximum atomic E-state index is 11.3. The summed E-state index contributed by atoms with van der Waals surface area (Å²) in [5.41, 5.74) is 0. The van der Waals surface area contributed by atoms with Crippen molar-refractivity contribution >= 4 is 12.0 Å². The fourth-order valence-electron chi connectivity index (χ4n) is 1.05. The summed E-state index contributed by atoms with van der Waals surface area (Å²) < 4.78 is 0. The molecule has 2 amide bonds. The summed E-state index contributed by atoms with van der Waals surface area (Å²) in [5, 5.41) is 19.4. The van der Waals surface area contributed by atoms with E-state index in [2.05, 4.69) is 5.32 Å². The molecule has 6 heteroatoms. The van der Waals surface area contributed by atoms with E-state index in [1.165, 1.54) is 4.90 Å². The predicted octanol–water partition coefficient (Wildman–Crippen LogP) is 0.796. The van der Waals surface area contributed by atoms with Crippen LogP contribution in [0.25, 0.3) is 0 Å². The van der Waals surface area contributed by atoms with Crippen LogP contribution in [0.3, 0.4) is 0 Å². The molecule has 0 aliphatic carbocycles. The lowest BCUT2D eigenvalue weighted by atomic mass is 10.2. The number of hydrogen-bond acceptors (Lipinski definition) is 3. The fraction of sp³-hybridized carbons (Fsp3) is 0.700. The molecule has 0 atom stereocenters. The highest BCUT2D eigenvalue weighted by molar-refractivity contribution is 5.73. The first-order valence-electron chi connectivity index (χ1n) is 5.15. The Bertz CT molecular complexity index is 273. The minimum absolute atomic E-state index is 0.125. The summed E-state index contributed by atoms with van der Waals surface area (Å²) in [6.07, 6.45) is 1.63. The maximum absolute atomic E-state index is 11.3. The fourth-order valence-corrected chi connectivity index (χ4v) is 1.05. The third kappa shape index (κ3) is 7.62. The van der Waals surface area contributed by atoms with Gasteiger partial charge in [0.1, 0.15) is 0 Å². The first kappa shape index (κ1) is 14.2. The molecule has 0 radical (unpaired) electrons. The van der Waals surface area contributed by atoms with Crippen LogP contribution in [0.15, 0.2) is 0 Å². The van der Waals surface area contributed by atoms with E-state index in [1.807, 2.05) is 6.07 Å². The van der Waals surface area contributed by atoms with Crippen molar-refractivity contribution in [2.24, 2.45) is 0 Å². The van der Waals surface area contributed by atoms with Gasteiger partial charge in [-0.1, -0.05) is 0 Å². The average molecular weight is 227 g/mol. The average Bonchev–Trinajstić information content (AvgIpc) is 2.24. The van der Waals surface area contributed by atoms with Crippen LogP contribution in [0.2, 0.25) is 0 Å². The van der Waals surface area contributed by atoms with Gasteiger partial charge in [-0.15, -0.1) is 0 Å². The Morgan fingerprint density at radius 1 is 1.44 bits per heavy atom. The molecule has 0 saturated carbocycles. The number of amides is 2. The third-order valence-corrected chi connectivity index (χ3v) is 2.00. The molecule has 0 aromatic heterocycles. The Labute approximate surface area is 94.8 Å². The SMILES string of the molecule is CN(CCC#N)C(=O)NCCCCC(=O)O. The first-order chi connectivity index (χ1) is 7.57. The summed E-state index contributed by atoms with van der Waals surface area (Å²) >= 11 is 0. The number of hydrogen-bond donors (Lipinski definition) is 2. The van der Waals surface area contributed by atoms with E-state index in [1.54, 1.807) is 7.05 Å². The standard InChI is InChI=1S/C10H17N3O3/c1-13(8-4-6-11)10(16)12-7-3-2-5-9(14)15/h2-5,7-8H2,1H3,(H,12,16)(H,14,15). The maximum Gasteiger partial charge on any atom is 0.317 e. The summed E-state index contributed by atoms with van der Waals surface area (Å²) in [6.45, 7) is 0.862. The number of unbranched alkanes of at least 4 members (excludes halogenated alkanes) is 1. The smallest absolute Gasteiger partial charge is 0.317 e. The van der Waals surface area contributed by atoms with Crippen molar-refractivity contribution in [3.05, 3.63) is 0 Å². The molecule has 0 aliphatic rings. The van der Waals surface area contributed by atoms with Crippen LogP contribution < -0.4 is 5.32 Å². The molecule has 0 fully saturated rings. The molecule has 0 heterocycles. The van der Waals surface area contributed by atoms with Gasteiger partial charge >= 0.3 is 12.0 Å². The van der Waals surface area contributed by atoms with Crippen LogP contribution in [0, 0.1) is 11.3 Å². The summed E-state index contributed by atoms with van der Waals surface area (Å²) in [4.78, 5) is 23.0. The number of aliphatic carboxylic acids is 1. The lowest BCUT2D eigenvalue weighted by Crippen LogP contribution is -2.38. The van der Waals surface area contributed by atoms with Crippen molar-refractivity contribution in [2.75, 3.05) is 20.1 Å². The van der Waals surface area contributed by atoms with Crippen LogP contribution in [0.1, 0.15) is 25.7 Å². The quantitative estimate of drug-likeness (QED) is 0.629. The molecule has 0 aromatic rings. The van der Waals surface area contributed by atoms with Crippen molar-refractivity contribution in [1.29, 1.82) is 5.26 Å². The van der Waals surface area contributed by atoms with Gasteiger partial charge in [0.05, 0.1) is 12.5 Å². The molecule has 0 saturated heterocycles. The number of nitrogens with one attached hydrogen (secondary N) is 1. The lowest BCUT2D eigenvalue weighted by molar-refractivity contribution is -0.137. The zero-order valence-electron chi connectivity index (χ0n) is 9.40. The second-order valence-corrected chi connectivity index (χ2v) is 3.41. The van der Waals surface area contributed by atoms with Crippen molar-refractivity contribution in [3.63, 3.8) is 0 Å². The minimum Gasteiger partial charge on any atom is -0.481 e. The van der Waals surface area contributed by atoms with Gasteiger partial charge in [0.2, 0.25) is 0 Å². The van der Waals surface area contributed by atoms with E-state index in [0.29, 0.717) is 32.4 Å². The third-order valence-electron chi connectivity index (χ3n) is 2.00. The molecule has 0 unspecified atom stereocenters. The predicted molar refractivity (Wildman–Crippen MR) is 57.7 cm³/mol. The van der Waals surface area contributed by atoms with Crippen LogP contribution in [-0.2, 0) is 4.79 Å². The Morgan fingerprint density at radius 3 is 2.69 bits per heavy atom. The van der Waals surface area contributed by atoms with Gasteiger partial charge in [-0.2, -0.15) is 5.26 Å². The molecule has 2 N–H and O–H groups in total. The highest BCUT2D eigenvalue weighted by atomic mass is 16.4. The monoisotopic (exact) mass is 227 g/mol. The largest absolute Gasteiger partial charge is 0.481 e. The number of urea groups is 1. The second kappa shape index (κ2) is 8.53. The number of nitriles is 1. The topological polar surface area (TPSA) is 93.4 Å². The molecule has 0 spiro atoms. The molecule has 0 aromatic carbocycles. The van der Waals surface area contributed by atoms with Gasteiger partial charge in [0.15, 0.2) is 0 Å². The van der Waals surface area contributed by atoms with E-state index in [-0.39, 0.29) is 12.5 Å². The van der Waals surface area contributed by atoms with Gasteiger partial charge < -0.3 is 15.3 Å². The normalized spacial score (nSPS) is 9.25. The van der Waals surface area contributed by atoms with Crippen LogP contribution in [-0.4, -0.2) is 42.1 Å². The summed E-state index contributed by atoms with van der Waals surface area (Å²) in [6, 6.07) is 1.72. The Hall–Kier alpha value is -1.77. The lowest BCUT2D eigenvalue weighted by Gasteiger charge is -2.16. The van der Waals surface area contributed by atoms with Crippen molar-refractivity contribution in [2.45, 2.75) is 25.7 Å². The van der Waals surface area contributed by atoms with Gasteiger partial charge in [0, 0.05) is 26.6 Å². The number of carboxylic acids is 1. The Balaban J connectivity index is 3.50. The van der Waals surface area contributed by atoms with E-state index in [9.17, 15) is 9.59 Å². The summed E-state index contributed by atoms with van der Waals surface area (Å²) in [5.74, 6) is -0.822. The zero-order chi connectivity index (χ0) is 12.4. The van der Waals surface area contributed by atoms with Gasteiger partial charge in [-0.05, 0) is 12.8 Å². The molecule has 16 heavy (non-hydrogen) atoms. The molecule has 0 aliphatic heterocycles. The van der Waals surface area contributed by atoms with Crippen LogP contribution >= 0.6 is 0 Å². The highest BCUT2D eigenvalue weighted by Gasteiger charge is 2.06. The number of rotatable bonds is 7. The molecule has 0 rings (SSSR count). The van der Waals surface area contributed by atoms with E-state index in [4.69, 9.17) is 10.4 Å². The van der Waals surface area contributed by atoms with E-state index >= 15 is 0 Å². The van der Waals surface area contributed by atoms with Gasteiger partial charge in [-0.3, -0.25) is 4.79 Å². The molecule has 6 nitrogen and oxygen atoms in total. The molecule has 90 valence electrons. The van der Waals surface area contributed by atoms with Gasteiger partial charge in [-0.25, -0.2) is 4.79 Å². The van der Waals surface area contributed by atoms with Crippen molar-refractivity contribution < 1.29 is 14.7 Å². The van der Waals surface area contributed by atoms with Gasteiger partial charge in [0.25, 0.3) is 0 Å². The minimum atomic E-state index is -0.822. The second-order valence-electron chi connectivity index (χ2n) is 3.41. The number of carboxylic acid groups (broad SMARTS) is 1. The number of nitrogens with zero attached hydrogens (tertiary/aromatic N) is 2. The van der Waals surface area contributed by atoms with E-state index < -0.39 is 5.97 Å². The summed E-state index contributed by atoms with van der Waals surface area (Å²) in [7, 11) is 1.62. The van der Waals surface area contributed by atoms with Crippen molar-refractivity contribution in [1.82, 2.24) is 10.2 Å². The van der Waals surface area contributed by atoms with Crippen molar-refractivity contribution in [3.8, 4) is 6.07 Å². The molecular weight excluding hydrogens is 210 g/mol. The van der Waals surface area contributed by atoms with E-state index in [0.717, 1.165) is 0 Å². The Morgan fingerprint density at radius 2 is 2.12 bits per heavy atom. The van der Waals surface area contributed by atoms with Crippen LogP contribution in [0.5, 0.6) is 0 Å². The number of carbonyl (C=O) groups is 2. The first-order valence-corrected chi connectivity index (χ1v) is 5.15.